The Balaban J connectivity index is 1.95. The normalized spacial score (nSPS) is 17.6. The molecule has 5 nitrogen and oxygen atoms in total. The Labute approximate surface area is 95.2 Å². The highest BCUT2D eigenvalue weighted by molar-refractivity contribution is 5.82. The summed E-state index contributed by atoms with van der Waals surface area (Å²) in [5.41, 5.74) is 0. The molecule has 1 aromatic heterocycles. The van der Waals surface area contributed by atoms with E-state index >= 15 is 0 Å². The fraction of sp³-hybridized carbons (Fsp3) is 0.727. The van der Waals surface area contributed by atoms with Crippen molar-refractivity contribution in [1.29, 1.82) is 0 Å². The number of nitrogens with one attached hydrogen (secondary N) is 1. The lowest BCUT2D eigenvalue weighted by Gasteiger charge is -2.21. The third-order valence-corrected chi connectivity index (χ3v) is 3.12. The van der Waals surface area contributed by atoms with E-state index in [4.69, 9.17) is 0 Å². The first-order chi connectivity index (χ1) is 7.81. The Morgan fingerprint density at radius 2 is 2.31 bits per heavy atom. The van der Waals surface area contributed by atoms with Crippen LogP contribution in [0.1, 0.15) is 25.6 Å². The second kappa shape index (κ2) is 5.21. The zero-order chi connectivity index (χ0) is 11.4. The van der Waals surface area contributed by atoms with Crippen molar-refractivity contribution >= 4 is 5.78 Å². The van der Waals surface area contributed by atoms with Crippen LogP contribution in [0.25, 0.3) is 0 Å². The summed E-state index contributed by atoms with van der Waals surface area (Å²) in [6.07, 6.45) is 3.87. The van der Waals surface area contributed by atoms with Gasteiger partial charge in [0, 0.05) is 12.5 Å². The number of carbonyl (C=O) groups is 1. The second-order valence-corrected chi connectivity index (χ2v) is 4.16. The first kappa shape index (κ1) is 11.3. The van der Waals surface area contributed by atoms with Gasteiger partial charge in [0.1, 0.15) is 17.9 Å². The maximum Gasteiger partial charge on any atom is 0.143 e. The highest BCUT2D eigenvalue weighted by Gasteiger charge is 2.22. The smallest absolute Gasteiger partial charge is 0.143 e. The van der Waals surface area contributed by atoms with Crippen LogP contribution in [0.15, 0.2) is 6.33 Å². The minimum Gasteiger partial charge on any atom is -0.317 e. The molecule has 0 saturated carbocycles. The number of hydrogen-bond donors (Lipinski definition) is 1. The van der Waals surface area contributed by atoms with Gasteiger partial charge in [-0.15, -0.1) is 0 Å². The molecular weight excluding hydrogens is 204 g/mol. The first-order valence-corrected chi connectivity index (χ1v) is 5.91. The highest BCUT2D eigenvalue weighted by Crippen LogP contribution is 2.14. The largest absolute Gasteiger partial charge is 0.317 e. The van der Waals surface area contributed by atoms with E-state index in [1.807, 2.05) is 6.92 Å². The predicted molar refractivity (Wildman–Crippen MR) is 60.0 cm³/mol. The van der Waals surface area contributed by atoms with Crippen molar-refractivity contribution in [1.82, 2.24) is 20.1 Å². The lowest BCUT2D eigenvalue weighted by atomic mass is 9.92. The summed E-state index contributed by atoms with van der Waals surface area (Å²) in [7, 11) is 0. The molecule has 0 bridgehead atoms. The summed E-state index contributed by atoms with van der Waals surface area (Å²) in [6.45, 7) is 4.69. The van der Waals surface area contributed by atoms with E-state index in [1.54, 1.807) is 4.68 Å². The summed E-state index contributed by atoms with van der Waals surface area (Å²) in [4.78, 5) is 16.2. The second-order valence-electron chi connectivity index (χ2n) is 4.16. The fourth-order valence-corrected chi connectivity index (χ4v) is 2.13. The Morgan fingerprint density at radius 1 is 1.56 bits per heavy atom. The summed E-state index contributed by atoms with van der Waals surface area (Å²) in [5, 5.41) is 7.34. The van der Waals surface area contributed by atoms with E-state index in [0.29, 0.717) is 12.2 Å². The first-order valence-electron chi connectivity index (χ1n) is 5.91. The van der Waals surface area contributed by atoms with Crippen LogP contribution in [-0.2, 0) is 17.8 Å². The molecule has 1 aliphatic heterocycles. The minimum atomic E-state index is 0.211. The number of rotatable bonds is 4. The summed E-state index contributed by atoms with van der Waals surface area (Å²) in [6, 6.07) is 0. The minimum absolute atomic E-state index is 0.211. The molecule has 0 radical (unpaired) electrons. The van der Waals surface area contributed by atoms with Crippen molar-refractivity contribution in [3.8, 4) is 0 Å². The predicted octanol–water partition coefficient (Wildman–Crippen LogP) is 0.409. The van der Waals surface area contributed by atoms with Crippen LogP contribution in [0.5, 0.6) is 0 Å². The van der Waals surface area contributed by atoms with Gasteiger partial charge in [-0.1, -0.05) is 0 Å². The van der Waals surface area contributed by atoms with Crippen LogP contribution in [-0.4, -0.2) is 33.6 Å². The van der Waals surface area contributed by atoms with Crippen molar-refractivity contribution in [2.45, 2.75) is 32.7 Å². The van der Waals surface area contributed by atoms with Crippen molar-refractivity contribution < 1.29 is 4.79 Å². The van der Waals surface area contributed by atoms with E-state index in [1.165, 1.54) is 6.33 Å². The average molecular weight is 222 g/mol. The molecular formula is C11H18N4O. The number of ketones is 1. The number of hydrogen-bond acceptors (Lipinski definition) is 4. The molecule has 0 aromatic carbocycles. The van der Waals surface area contributed by atoms with Gasteiger partial charge in [0.05, 0.1) is 6.42 Å². The van der Waals surface area contributed by atoms with Crippen LogP contribution >= 0.6 is 0 Å². The zero-order valence-electron chi connectivity index (χ0n) is 9.65. The van der Waals surface area contributed by atoms with E-state index < -0.39 is 0 Å². The summed E-state index contributed by atoms with van der Waals surface area (Å²) in [5.74, 6) is 1.32. The number of piperidine rings is 1. The summed E-state index contributed by atoms with van der Waals surface area (Å²) < 4.78 is 1.79. The van der Waals surface area contributed by atoms with Crippen molar-refractivity contribution in [3.05, 3.63) is 12.2 Å². The maximum absolute atomic E-state index is 12.0. The van der Waals surface area contributed by atoms with E-state index in [2.05, 4.69) is 15.4 Å². The Hall–Kier alpha value is -1.23. The quantitative estimate of drug-likeness (QED) is 0.801. The zero-order valence-corrected chi connectivity index (χ0v) is 9.65. The van der Waals surface area contributed by atoms with Crippen LogP contribution in [0, 0.1) is 5.92 Å². The standard InChI is InChI=1S/C11H18N4O/c1-2-15-11(13-8-14-15)7-10(16)9-3-5-12-6-4-9/h8-9,12H,2-7H2,1H3. The molecule has 1 N–H and O–H groups in total. The highest BCUT2D eigenvalue weighted by atomic mass is 16.1. The third kappa shape index (κ3) is 2.47. The van der Waals surface area contributed by atoms with E-state index in [0.717, 1.165) is 38.3 Å². The lowest BCUT2D eigenvalue weighted by molar-refractivity contribution is -0.123. The number of carbonyl (C=O) groups excluding carboxylic acids is 1. The molecule has 0 spiro atoms. The Bertz CT molecular complexity index is 355. The van der Waals surface area contributed by atoms with Gasteiger partial charge in [-0.25, -0.2) is 9.67 Å². The Kier molecular flexibility index (Phi) is 3.66. The number of aryl methyl sites for hydroxylation is 1. The molecule has 0 aliphatic carbocycles. The van der Waals surface area contributed by atoms with Gasteiger partial charge in [-0.3, -0.25) is 4.79 Å². The molecule has 0 atom stereocenters. The van der Waals surface area contributed by atoms with Gasteiger partial charge < -0.3 is 5.32 Å². The molecule has 5 heteroatoms. The molecule has 0 amide bonds. The van der Waals surface area contributed by atoms with Gasteiger partial charge >= 0.3 is 0 Å². The van der Waals surface area contributed by atoms with Crippen molar-refractivity contribution in [2.75, 3.05) is 13.1 Å². The fourth-order valence-electron chi connectivity index (χ4n) is 2.13. The van der Waals surface area contributed by atoms with E-state index in [9.17, 15) is 4.79 Å². The molecule has 88 valence electrons. The van der Waals surface area contributed by atoms with E-state index in [-0.39, 0.29) is 5.92 Å². The van der Waals surface area contributed by atoms with Gasteiger partial charge in [-0.2, -0.15) is 5.10 Å². The molecule has 1 aliphatic rings. The van der Waals surface area contributed by atoms with Crippen LogP contribution < -0.4 is 5.32 Å². The molecule has 16 heavy (non-hydrogen) atoms. The number of aromatic nitrogens is 3. The molecule has 1 saturated heterocycles. The summed E-state index contributed by atoms with van der Waals surface area (Å²) >= 11 is 0. The third-order valence-electron chi connectivity index (χ3n) is 3.12. The van der Waals surface area contributed by atoms with Crippen molar-refractivity contribution in [2.24, 2.45) is 5.92 Å². The van der Waals surface area contributed by atoms with Crippen LogP contribution in [0.4, 0.5) is 0 Å². The topological polar surface area (TPSA) is 59.8 Å². The van der Waals surface area contributed by atoms with Crippen LogP contribution in [0.2, 0.25) is 0 Å². The number of Topliss-reactive ketones (excluding diaryl/α,β-unsaturated/α-hetero) is 1. The SMILES string of the molecule is CCn1ncnc1CC(=O)C1CCNCC1. The molecule has 2 rings (SSSR count). The average Bonchev–Trinajstić information content (AvgIpc) is 2.77. The number of nitrogens with zero attached hydrogens (tertiary/aromatic N) is 3. The van der Waals surface area contributed by atoms with Crippen molar-refractivity contribution in [3.63, 3.8) is 0 Å². The van der Waals surface area contributed by atoms with Gasteiger partial charge in [-0.05, 0) is 32.9 Å². The monoisotopic (exact) mass is 222 g/mol. The van der Waals surface area contributed by atoms with Gasteiger partial charge in [0.2, 0.25) is 0 Å². The Morgan fingerprint density at radius 3 is 3.00 bits per heavy atom. The molecule has 2 heterocycles. The molecule has 1 fully saturated rings. The molecule has 1 aromatic rings. The van der Waals surface area contributed by atoms with Gasteiger partial charge in [0.25, 0.3) is 0 Å². The molecule has 0 unspecified atom stereocenters. The van der Waals surface area contributed by atoms with Gasteiger partial charge in [0.15, 0.2) is 0 Å². The maximum atomic E-state index is 12.0. The lowest BCUT2D eigenvalue weighted by Crippen LogP contribution is -2.32. The van der Waals surface area contributed by atoms with Crippen LogP contribution in [0.3, 0.4) is 0 Å².